The van der Waals surface area contributed by atoms with E-state index < -0.39 is 5.60 Å². The zero-order valence-corrected chi connectivity index (χ0v) is 15.2. The molecule has 0 aliphatic carbocycles. The summed E-state index contributed by atoms with van der Waals surface area (Å²) < 4.78 is 5.18. The molecular formula is C19H30N2O3. The Bertz CT molecular complexity index is 521. The fraction of sp³-hybridized carbons (Fsp3) is 0.632. The first kappa shape index (κ1) is 18.9. The van der Waals surface area contributed by atoms with Gasteiger partial charge in [0.1, 0.15) is 0 Å². The molecule has 0 spiro atoms. The Labute approximate surface area is 145 Å². The molecule has 5 heteroatoms. The van der Waals surface area contributed by atoms with Crippen molar-refractivity contribution in [2.75, 3.05) is 33.4 Å². The highest BCUT2D eigenvalue weighted by molar-refractivity contribution is 5.77. The van der Waals surface area contributed by atoms with Crippen LogP contribution in [0.3, 0.4) is 0 Å². The summed E-state index contributed by atoms with van der Waals surface area (Å²) >= 11 is 0. The molecule has 1 aromatic rings. The summed E-state index contributed by atoms with van der Waals surface area (Å²) in [6, 6.07) is 9.97. The molecule has 0 bridgehead atoms. The van der Waals surface area contributed by atoms with Crippen LogP contribution in [0.2, 0.25) is 0 Å². The van der Waals surface area contributed by atoms with Crippen molar-refractivity contribution in [1.29, 1.82) is 0 Å². The highest BCUT2D eigenvalue weighted by Gasteiger charge is 2.34. The smallest absolute Gasteiger partial charge is 0.225 e. The predicted octanol–water partition coefficient (Wildman–Crippen LogP) is 1.85. The highest BCUT2D eigenvalue weighted by atomic mass is 16.5. The van der Waals surface area contributed by atoms with E-state index in [0.29, 0.717) is 19.7 Å². The summed E-state index contributed by atoms with van der Waals surface area (Å²) in [5.41, 5.74) is -0.365. The normalized spacial score (nSPS) is 24.6. The molecule has 1 N–H and O–H groups in total. The van der Waals surface area contributed by atoms with Crippen LogP contribution in [0.25, 0.3) is 0 Å². The van der Waals surface area contributed by atoms with Crippen molar-refractivity contribution < 1.29 is 14.6 Å². The Morgan fingerprint density at radius 2 is 1.83 bits per heavy atom. The number of benzene rings is 1. The van der Waals surface area contributed by atoms with Crippen LogP contribution < -0.4 is 0 Å². The lowest BCUT2D eigenvalue weighted by Crippen LogP contribution is -2.59. The Morgan fingerprint density at radius 3 is 2.38 bits per heavy atom. The van der Waals surface area contributed by atoms with Crippen LogP contribution in [0.5, 0.6) is 0 Å². The van der Waals surface area contributed by atoms with Gasteiger partial charge >= 0.3 is 0 Å². The summed E-state index contributed by atoms with van der Waals surface area (Å²) in [4.78, 5) is 17.0. The maximum atomic E-state index is 12.7. The molecule has 0 aromatic heterocycles. The fourth-order valence-corrected chi connectivity index (χ4v) is 3.50. The average Bonchev–Trinajstić information content (AvgIpc) is 2.54. The molecule has 1 aromatic carbocycles. The number of methoxy groups -OCH3 is 1. The minimum absolute atomic E-state index is 0.00828. The summed E-state index contributed by atoms with van der Waals surface area (Å²) in [7, 11) is 1.71. The molecule has 24 heavy (non-hydrogen) atoms. The first-order valence-corrected chi connectivity index (χ1v) is 8.65. The molecule has 1 aliphatic heterocycles. The van der Waals surface area contributed by atoms with E-state index in [1.54, 1.807) is 14.0 Å². The Hall–Kier alpha value is -1.43. The van der Waals surface area contributed by atoms with E-state index >= 15 is 0 Å². The summed E-state index contributed by atoms with van der Waals surface area (Å²) in [6.45, 7) is 8.95. The zero-order valence-electron chi connectivity index (χ0n) is 15.2. The fourth-order valence-electron chi connectivity index (χ4n) is 3.50. The lowest BCUT2D eigenvalue weighted by Gasteiger charge is -2.45. The van der Waals surface area contributed by atoms with Crippen molar-refractivity contribution in [2.24, 2.45) is 0 Å². The second-order valence-corrected chi connectivity index (χ2v) is 7.04. The SMILES string of the molecule is COCCN1C(C)CN(C(=O)CC(C)(O)c2ccccc2)CC1C. The number of piperazine rings is 1. The van der Waals surface area contributed by atoms with E-state index in [0.717, 1.165) is 12.1 Å². The van der Waals surface area contributed by atoms with Crippen molar-refractivity contribution in [3.63, 3.8) is 0 Å². The number of rotatable bonds is 6. The average molecular weight is 334 g/mol. The third-order valence-corrected chi connectivity index (χ3v) is 4.90. The van der Waals surface area contributed by atoms with Crippen LogP contribution in [0.4, 0.5) is 0 Å². The van der Waals surface area contributed by atoms with E-state index in [2.05, 4.69) is 18.7 Å². The maximum Gasteiger partial charge on any atom is 0.225 e. The van der Waals surface area contributed by atoms with Gasteiger partial charge in [-0.05, 0) is 26.3 Å². The van der Waals surface area contributed by atoms with Gasteiger partial charge < -0.3 is 14.7 Å². The molecule has 0 radical (unpaired) electrons. The van der Waals surface area contributed by atoms with Gasteiger partial charge in [0.2, 0.25) is 5.91 Å². The molecule has 1 fully saturated rings. The number of aliphatic hydroxyl groups is 1. The van der Waals surface area contributed by atoms with Gasteiger partial charge in [0.25, 0.3) is 0 Å². The lowest BCUT2D eigenvalue weighted by atomic mass is 9.91. The van der Waals surface area contributed by atoms with Gasteiger partial charge in [0.15, 0.2) is 0 Å². The van der Waals surface area contributed by atoms with E-state index in [1.807, 2.05) is 35.2 Å². The molecule has 134 valence electrons. The first-order valence-electron chi connectivity index (χ1n) is 8.65. The third kappa shape index (κ3) is 4.56. The van der Waals surface area contributed by atoms with E-state index in [9.17, 15) is 9.90 Å². The molecule has 1 heterocycles. The number of amides is 1. The first-order chi connectivity index (χ1) is 11.3. The minimum Gasteiger partial charge on any atom is -0.385 e. The number of hydrogen-bond donors (Lipinski definition) is 1. The van der Waals surface area contributed by atoms with E-state index in [4.69, 9.17) is 4.74 Å². The quantitative estimate of drug-likeness (QED) is 0.863. The van der Waals surface area contributed by atoms with Crippen LogP contribution in [0, 0.1) is 0 Å². The summed E-state index contributed by atoms with van der Waals surface area (Å²) in [5, 5.41) is 10.7. The largest absolute Gasteiger partial charge is 0.385 e. The zero-order chi connectivity index (χ0) is 17.7. The van der Waals surface area contributed by atoms with Crippen LogP contribution >= 0.6 is 0 Å². The van der Waals surface area contributed by atoms with Crippen molar-refractivity contribution in [2.45, 2.75) is 44.9 Å². The number of hydrogen-bond acceptors (Lipinski definition) is 4. The Morgan fingerprint density at radius 1 is 1.25 bits per heavy atom. The second kappa shape index (κ2) is 8.10. The molecule has 3 atom stereocenters. The van der Waals surface area contributed by atoms with E-state index in [1.165, 1.54) is 0 Å². The van der Waals surface area contributed by atoms with Gasteiger partial charge in [-0.15, -0.1) is 0 Å². The van der Waals surface area contributed by atoms with Crippen LogP contribution in [0.1, 0.15) is 32.8 Å². The van der Waals surface area contributed by atoms with Gasteiger partial charge in [-0.25, -0.2) is 0 Å². The minimum atomic E-state index is -1.14. The highest BCUT2D eigenvalue weighted by Crippen LogP contribution is 2.26. The van der Waals surface area contributed by atoms with Gasteiger partial charge in [0, 0.05) is 38.8 Å². The van der Waals surface area contributed by atoms with Crippen LogP contribution in [0.15, 0.2) is 30.3 Å². The maximum absolute atomic E-state index is 12.7. The van der Waals surface area contributed by atoms with Crippen molar-refractivity contribution in [3.8, 4) is 0 Å². The van der Waals surface area contributed by atoms with Crippen molar-refractivity contribution in [3.05, 3.63) is 35.9 Å². The molecule has 1 aliphatic rings. The summed E-state index contributed by atoms with van der Waals surface area (Å²) in [6.07, 6.45) is 0.106. The third-order valence-electron chi connectivity index (χ3n) is 4.90. The molecule has 5 nitrogen and oxygen atoms in total. The van der Waals surface area contributed by atoms with Crippen molar-refractivity contribution >= 4 is 5.91 Å². The Kier molecular flexibility index (Phi) is 6.38. The monoisotopic (exact) mass is 334 g/mol. The molecule has 0 saturated carbocycles. The van der Waals surface area contributed by atoms with Gasteiger partial charge in [-0.3, -0.25) is 9.69 Å². The van der Waals surface area contributed by atoms with Gasteiger partial charge in [0.05, 0.1) is 18.6 Å². The topological polar surface area (TPSA) is 53.0 Å². The predicted molar refractivity (Wildman–Crippen MR) is 94.7 cm³/mol. The number of carbonyl (C=O) groups excluding carboxylic acids is 1. The molecule has 1 saturated heterocycles. The van der Waals surface area contributed by atoms with E-state index in [-0.39, 0.29) is 24.4 Å². The second-order valence-electron chi connectivity index (χ2n) is 7.04. The number of ether oxygens (including phenoxy) is 1. The van der Waals surface area contributed by atoms with Crippen LogP contribution in [-0.4, -0.2) is 66.2 Å². The molecule has 2 rings (SSSR count). The number of carbonyl (C=O) groups is 1. The molecule has 3 unspecified atom stereocenters. The van der Waals surface area contributed by atoms with Crippen LogP contribution in [-0.2, 0) is 15.1 Å². The van der Waals surface area contributed by atoms with Gasteiger partial charge in [-0.2, -0.15) is 0 Å². The van der Waals surface area contributed by atoms with Crippen molar-refractivity contribution in [1.82, 2.24) is 9.80 Å². The standard InChI is InChI=1S/C19H30N2O3/c1-15-13-20(14-16(2)21(15)10-11-24-4)18(22)12-19(3,23)17-8-6-5-7-9-17/h5-9,15-16,23H,10-14H2,1-4H3. The van der Waals surface area contributed by atoms with Gasteiger partial charge in [-0.1, -0.05) is 30.3 Å². The Balaban J connectivity index is 1.98. The molecular weight excluding hydrogens is 304 g/mol. The lowest BCUT2D eigenvalue weighted by molar-refractivity contribution is -0.140. The molecule has 1 amide bonds. The number of nitrogens with zero attached hydrogens (tertiary/aromatic N) is 2. The summed E-state index contributed by atoms with van der Waals surface area (Å²) in [5.74, 6) is 0.00828.